The van der Waals surface area contributed by atoms with Crippen LogP contribution in [0.5, 0.6) is 0 Å². The Morgan fingerprint density at radius 2 is 1.24 bits per heavy atom. The van der Waals surface area contributed by atoms with Crippen LogP contribution in [0.1, 0.15) is 63.9 Å². The van der Waals surface area contributed by atoms with E-state index in [0.29, 0.717) is 32.1 Å². The largest absolute Gasteiger partial charge is 0.465 e. The highest BCUT2D eigenvalue weighted by molar-refractivity contribution is 7.97. The molecule has 1 saturated carbocycles. The van der Waals surface area contributed by atoms with Crippen LogP contribution in [0.3, 0.4) is 0 Å². The van der Waals surface area contributed by atoms with Crippen molar-refractivity contribution in [3.8, 4) is 6.07 Å². The third kappa shape index (κ3) is 6.20. The van der Waals surface area contributed by atoms with Crippen LogP contribution in [0.15, 0.2) is 121 Å². The highest BCUT2D eigenvalue weighted by atomic mass is 31.2. The predicted octanol–water partition coefficient (Wildman–Crippen LogP) is 7.64. The van der Waals surface area contributed by atoms with Gasteiger partial charge in [0, 0.05) is 5.41 Å². The first-order chi connectivity index (χ1) is 22.4. The molecule has 1 aliphatic carbocycles. The number of hydrogen-bond donors (Lipinski definition) is 2. The number of benzene rings is 4. The van der Waals surface area contributed by atoms with Crippen molar-refractivity contribution in [2.24, 2.45) is 5.41 Å². The average molecular weight is 631 g/mol. The number of carbonyl (C=O) groups is 2. The molecule has 0 aromatic heterocycles. The summed E-state index contributed by atoms with van der Waals surface area (Å²) in [6.07, 6.45) is 5.30. The van der Waals surface area contributed by atoms with Gasteiger partial charge in [-0.3, -0.25) is 4.79 Å². The molecule has 0 radical (unpaired) electrons. The molecule has 5 nitrogen and oxygen atoms in total. The van der Waals surface area contributed by atoms with Crippen LogP contribution in [0.25, 0.3) is 0 Å². The van der Waals surface area contributed by atoms with Crippen molar-refractivity contribution >= 4 is 40.0 Å². The topological polar surface area (TPSA) is 90.2 Å². The summed E-state index contributed by atoms with van der Waals surface area (Å²) in [6, 6.07) is 42.2. The molecule has 46 heavy (non-hydrogen) atoms. The number of carboxylic acid groups (broad SMARTS) is 1. The van der Waals surface area contributed by atoms with Crippen molar-refractivity contribution in [2.75, 3.05) is 0 Å². The Kier molecular flexibility index (Phi) is 10.6. The lowest BCUT2D eigenvalue weighted by molar-refractivity contribution is -0.126. The van der Waals surface area contributed by atoms with Gasteiger partial charge in [-0.15, -0.1) is 0 Å². The number of Topliss-reactive ketones (excluding diaryl/α,β-unsaturated/α-hetero) is 1. The fraction of sp³-hybridized carbons (Fsp3) is 0.300. The fourth-order valence-electron chi connectivity index (χ4n) is 7.73. The van der Waals surface area contributed by atoms with Crippen molar-refractivity contribution < 1.29 is 14.7 Å². The third-order valence-electron chi connectivity index (χ3n) is 9.80. The Hall–Kier alpha value is -4.39. The lowest BCUT2D eigenvalue weighted by Crippen LogP contribution is -2.68. The van der Waals surface area contributed by atoms with E-state index in [1.165, 1.54) is 0 Å². The number of ketones is 1. The average Bonchev–Trinajstić information content (AvgIpc) is 3.10. The standard InChI is InChI=1S/C40H43N2O3P/c1-2-3-29-40(42-38(44)45,39(27-17-8-18-28-39)30-32-19-9-4-10-20-32)37(43)36(31-41)46(33-21-11-5-12-22-33,34-23-13-6-14-24-34)35-25-15-7-16-26-35/h4-7,9-16,19-26,42H,2-3,8,17-18,27-30H2,1H3,(H,44,45). The molecule has 5 rings (SSSR count). The molecular formula is C40H43N2O3P. The quantitative estimate of drug-likeness (QED) is 0.158. The van der Waals surface area contributed by atoms with Gasteiger partial charge >= 0.3 is 6.09 Å². The van der Waals surface area contributed by atoms with E-state index in [1.807, 2.05) is 109 Å². The zero-order chi connectivity index (χ0) is 32.5. The van der Waals surface area contributed by atoms with Crippen LogP contribution in [-0.4, -0.2) is 27.8 Å². The van der Waals surface area contributed by atoms with Crippen molar-refractivity contribution in [3.05, 3.63) is 127 Å². The molecule has 1 unspecified atom stereocenters. The predicted molar refractivity (Wildman–Crippen MR) is 190 cm³/mol. The summed E-state index contributed by atoms with van der Waals surface area (Å²) in [5.74, 6) is -0.381. The molecule has 6 heteroatoms. The van der Waals surface area contributed by atoms with E-state index in [9.17, 15) is 15.2 Å². The van der Waals surface area contributed by atoms with Crippen molar-refractivity contribution in [1.29, 1.82) is 5.26 Å². The molecule has 1 fully saturated rings. The molecule has 0 saturated heterocycles. The number of nitriles is 1. The Labute approximate surface area is 273 Å². The zero-order valence-corrected chi connectivity index (χ0v) is 27.5. The van der Waals surface area contributed by atoms with Gasteiger partial charge in [0.25, 0.3) is 0 Å². The molecule has 1 amide bonds. The summed E-state index contributed by atoms with van der Waals surface area (Å²) in [4.78, 5) is 28.9. The second-order valence-corrected chi connectivity index (χ2v) is 15.7. The molecule has 0 heterocycles. The number of carbonyl (C=O) groups excluding carboxylic acids is 1. The minimum Gasteiger partial charge on any atom is -0.465 e. The number of nitrogens with zero attached hydrogens (tertiary/aromatic N) is 1. The number of hydrogen-bond acceptors (Lipinski definition) is 3. The van der Waals surface area contributed by atoms with Crippen molar-refractivity contribution in [1.82, 2.24) is 5.32 Å². The first-order valence-electron chi connectivity index (χ1n) is 16.4. The van der Waals surface area contributed by atoms with E-state index in [0.717, 1.165) is 47.2 Å². The van der Waals surface area contributed by atoms with E-state index in [2.05, 4.69) is 30.4 Å². The van der Waals surface area contributed by atoms with Crippen LogP contribution in [0.2, 0.25) is 0 Å². The SMILES string of the molecule is CCCCC(NC(=O)O)(C(=O)C(C#N)=P(c1ccccc1)(c1ccccc1)c1ccccc1)C1(Cc2ccccc2)CCCCC1. The summed E-state index contributed by atoms with van der Waals surface area (Å²) in [6.45, 7) is -1.02. The smallest absolute Gasteiger partial charge is 0.405 e. The van der Waals surface area contributed by atoms with Crippen LogP contribution in [0.4, 0.5) is 4.79 Å². The maximum Gasteiger partial charge on any atom is 0.405 e. The minimum absolute atomic E-state index is 0.138. The van der Waals surface area contributed by atoms with E-state index < -0.39 is 23.9 Å². The van der Waals surface area contributed by atoms with Gasteiger partial charge in [-0.1, -0.05) is 160 Å². The molecule has 0 spiro atoms. The maximum absolute atomic E-state index is 15.9. The van der Waals surface area contributed by atoms with Crippen LogP contribution < -0.4 is 21.2 Å². The highest BCUT2D eigenvalue weighted by Gasteiger charge is 2.58. The molecule has 0 bridgehead atoms. The van der Waals surface area contributed by atoms with E-state index in [1.54, 1.807) is 0 Å². The molecule has 4 aromatic rings. The summed E-state index contributed by atoms with van der Waals surface area (Å²) in [5.41, 5.74) is -1.14. The van der Waals surface area contributed by atoms with Gasteiger partial charge in [0.15, 0.2) is 5.78 Å². The van der Waals surface area contributed by atoms with Gasteiger partial charge in [-0.2, -0.15) is 5.26 Å². The Bertz CT molecular complexity index is 1610. The number of amides is 1. The molecule has 1 atom stereocenters. The Morgan fingerprint density at radius 3 is 1.65 bits per heavy atom. The monoisotopic (exact) mass is 630 g/mol. The summed E-state index contributed by atoms with van der Waals surface area (Å²) >= 11 is 0. The van der Waals surface area contributed by atoms with Crippen LogP contribution in [-0.2, 0) is 11.2 Å². The Balaban J connectivity index is 1.94. The van der Waals surface area contributed by atoms with Gasteiger partial charge in [0.2, 0.25) is 0 Å². The number of rotatable bonds is 12. The second kappa shape index (κ2) is 14.8. The maximum atomic E-state index is 15.9. The zero-order valence-electron chi connectivity index (χ0n) is 26.6. The van der Waals surface area contributed by atoms with E-state index in [-0.39, 0.29) is 11.1 Å². The van der Waals surface area contributed by atoms with Gasteiger partial charge in [-0.25, -0.2) is 4.79 Å². The second-order valence-electron chi connectivity index (χ2n) is 12.4. The van der Waals surface area contributed by atoms with Crippen LogP contribution in [0, 0.1) is 16.7 Å². The van der Waals surface area contributed by atoms with Crippen molar-refractivity contribution in [2.45, 2.75) is 70.3 Å². The molecule has 1 aliphatic rings. The Morgan fingerprint density at radius 1 is 0.783 bits per heavy atom. The molecular weight excluding hydrogens is 587 g/mol. The summed E-state index contributed by atoms with van der Waals surface area (Å²) < 4.78 is 0. The van der Waals surface area contributed by atoms with E-state index in [4.69, 9.17) is 0 Å². The third-order valence-corrected chi connectivity index (χ3v) is 14.0. The minimum atomic E-state index is -3.08. The molecule has 236 valence electrons. The lowest BCUT2D eigenvalue weighted by Gasteiger charge is -2.52. The van der Waals surface area contributed by atoms with Gasteiger partial charge in [0.05, 0.1) is 0 Å². The van der Waals surface area contributed by atoms with Gasteiger partial charge in [0.1, 0.15) is 16.9 Å². The summed E-state index contributed by atoms with van der Waals surface area (Å²) in [7, 11) is 0. The van der Waals surface area contributed by atoms with Gasteiger partial charge in [-0.05, 0) is 54.0 Å². The lowest BCUT2D eigenvalue weighted by atomic mass is 9.55. The van der Waals surface area contributed by atoms with Gasteiger partial charge < -0.3 is 10.4 Å². The first-order valence-corrected chi connectivity index (χ1v) is 18.2. The molecule has 2 N–H and O–H groups in total. The molecule has 4 aromatic carbocycles. The number of unbranched alkanes of at least 4 members (excludes halogenated alkanes) is 1. The fourth-order valence-corrected chi connectivity index (χ4v) is 11.9. The normalized spacial score (nSPS) is 15.6. The van der Waals surface area contributed by atoms with Crippen molar-refractivity contribution in [3.63, 3.8) is 0 Å². The van der Waals surface area contributed by atoms with Crippen LogP contribution >= 0.6 is 6.89 Å². The molecule has 0 aliphatic heterocycles. The van der Waals surface area contributed by atoms with E-state index >= 15 is 4.79 Å². The first kappa shape index (κ1) is 33.0. The highest BCUT2D eigenvalue weighted by Crippen LogP contribution is 2.53. The number of nitrogens with one attached hydrogen (secondary N) is 1. The summed E-state index contributed by atoms with van der Waals surface area (Å²) in [5, 5.41) is 27.6.